The van der Waals surface area contributed by atoms with Crippen molar-refractivity contribution in [3.05, 3.63) is 25.3 Å². The summed E-state index contributed by atoms with van der Waals surface area (Å²) in [5.74, 6) is -3.09. The predicted molar refractivity (Wildman–Crippen MR) is 51.5 cm³/mol. The minimum absolute atomic E-state index is 0. The summed E-state index contributed by atoms with van der Waals surface area (Å²) in [6, 6.07) is 0. The third kappa shape index (κ3) is 5.99. The number of quaternary nitrogens is 1. The maximum absolute atomic E-state index is 10.7. The van der Waals surface area contributed by atoms with Crippen molar-refractivity contribution in [3.63, 3.8) is 0 Å². The molecule has 0 atom stereocenters. The first-order chi connectivity index (χ1) is 6.51. The van der Waals surface area contributed by atoms with Gasteiger partial charge >= 0.3 is 0 Å². The van der Waals surface area contributed by atoms with E-state index < -0.39 is 23.9 Å². The van der Waals surface area contributed by atoms with Gasteiger partial charge in [-0.2, -0.15) is 0 Å². The lowest BCUT2D eigenvalue weighted by atomic mass is 10.4. The second-order valence-corrected chi connectivity index (χ2v) is 2.18. The van der Waals surface area contributed by atoms with Crippen LogP contribution in [-0.4, -0.2) is 23.9 Å². The first-order valence-electron chi connectivity index (χ1n) is 3.58. The van der Waals surface area contributed by atoms with Gasteiger partial charge in [0.25, 0.3) is 0 Å². The number of rotatable bonds is 5. The van der Waals surface area contributed by atoms with Crippen LogP contribution in [0.15, 0.2) is 25.3 Å². The van der Waals surface area contributed by atoms with Crippen molar-refractivity contribution >= 4 is 17.8 Å². The van der Waals surface area contributed by atoms with Crippen molar-refractivity contribution in [1.29, 1.82) is 0 Å². The van der Waals surface area contributed by atoms with E-state index in [0.29, 0.717) is 0 Å². The molecule has 6 N–H and O–H groups in total. The average molecular weight is 215 g/mol. The molecule has 0 spiro atoms. The maximum Gasteiger partial charge on any atom is 0.245 e. The standard InChI is InChI=1S/C8H10N2O4.H3N/c1-3-5(11)9-7(8(13)14)10-6(12)4-2;/h3-4,7H,1-2H2,(H,9,11)(H,10,12)(H,13,14);1H3. The van der Waals surface area contributed by atoms with E-state index in [4.69, 9.17) is 0 Å². The van der Waals surface area contributed by atoms with Crippen LogP contribution in [0.4, 0.5) is 0 Å². The Morgan fingerprint density at radius 1 is 1.07 bits per heavy atom. The lowest BCUT2D eigenvalue weighted by molar-refractivity contribution is -0.309. The molecule has 0 heterocycles. The number of aliphatic carboxylic acids is 1. The number of hydrogen-bond donors (Lipinski definition) is 3. The quantitative estimate of drug-likeness (QED) is 0.362. The summed E-state index contributed by atoms with van der Waals surface area (Å²) in [5, 5.41) is 14.3. The molecule has 2 amide bonds. The van der Waals surface area contributed by atoms with E-state index in [2.05, 4.69) is 13.2 Å². The Morgan fingerprint density at radius 2 is 1.40 bits per heavy atom. The molecule has 0 bridgehead atoms. The van der Waals surface area contributed by atoms with Crippen LogP contribution < -0.4 is 21.9 Å². The highest BCUT2D eigenvalue weighted by molar-refractivity contribution is 5.94. The first kappa shape index (κ1) is 15.3. The fourth-order valence-corrected chi connectivity index (χ4v) is 0.556. The van der Waals surface area contributed by atoms with Gasteiger partial charge in [-0.25, -0.2) is 0 Å². The summed E-state index contributed by atoms with van der Waals surface area (Å²) in [4.78, 5) is 31.8. The Labute approximate surface area is 86.4 Å². The molecule has 0 saturated carbocycles. The molecule has 0 rings (SSSR count). The molecular formula is C8H13N3O4. The normalized spacial score (nSPS) is 8.33. The Hall–Kier alpha value is -2.15. The van der Waals surface area contributed by atoms with Crippen LogP contribution in [0.3, 0.4) is 0 Å². The second kappa shape index (κ2) is 7.27. The van der Waals surface area contributed by atoms with Crippen molar-refractivity contribution in [2.75, 3.05) is 0 Å². The molecular weight excluding hydrogens is 202 g/mol. The van der Waals surface area contributed by atoms with Crippen LogP contribution in [0, 0.1) is 0 Å². The Bertz CT molecular complexity index is 266. The number of amides is 2. The largest absolute Gasteiger partial charge is 0.546 e. The molecule has 0 aromatic rings. The van der Waals surface area contributed by atoms with Crippen molar-refractivity contribution < 1.29 is 19.5 Å². The Kier molecular flexibility index (Phi) is 7.43. The minimum Gasteiger partial charge on any atom is -0.546 e. The molecule has 15 heavy (non-hydrogen) atoms. The van der Waals surface area contributed by atoms with Crippen molar-refractivity contribution in [3.8, 4) is 0 Å². The zero-order valence-corrected chi connectivity index (χ0v) is 8.28. The third-order valence-electron chi connectivity index (χ3n) is 1.18. The summed E-state index contributed by atoms with van der Waals surface area (Å²) in [6.45, 7) is 6.23. The molecule has 0 unspecified atom stereocenters. The lowest BCUT2D eigenvalue weighted by Gasteiger charge is -2.19. The number of carboxylic acid groups (broad SMARTS) is 1. The molecule has 0 aliphatic heterocycles. The van der Waals surface area contributed by atoms with E-state index in [-0.39, 0.29) is 6.15 Å². The molecule has 0 aliphatic carbocycles. The molecule has 0 fully saturated rings. The summed E-state index contributed by atoms with van der Waals surface area (Å²) in [7, 11) is 0. The van der Waals surface area contributed by atoms with Crippen LogP contribution in [0.2, 0.25) is 0 Å². The Balaban J connectivity index is 0. The molecule has 84 valence electrons. The van der Waals surface area contributed by atoms with E-state index >= 15 is 0 Å². The summed E-state index contributed by atoms with van der Waals surface area (Å²) < 4.78 is 0. The van der Waals surface area contributed by atoms with Gasteiger partial charge in [-0.3, -0.25) is 9.59 Å². The average Bonchev–Trinajstić information content (AvgIpc) is 2.16. The number of carbonyl (C=O) groups excluding carboxylic acids is 3. The van der Waals surface area contributed by atoms with Crippen LogP contribution in [-0.2, 0) is 14.4 Å². The summed E-state index contributed by atoms with van der Waals surface area (Å²) >= 11 is 0. The summed E-state index contributed by atoms with van der Waals surface area (Å²) in [5.41, 5.74) is 0. The van der Waals surface area contributed by atoms with Gasteiger partial charge in [-0.1, -0.05) is 13.2 Å². The molecule has 0 aromatic carbocycles. The predicted octanol–water partition coefficient (Wildman–Crippen LogP) is -1.96. The fourth-order valence-electron chi connectivity index (χ4n) is 0.556. The van der Waals surface area contributed by atoms with Crippen LogP contribution >= 0.6 is 0 Å². The zero-order chi connectivity index (χ0) is 11.1. The SMILES string of the molecule is C=CC(=O)NC(NC(=O)C=C)C(=O)[O-].[NH4+]. The second-order valence-electron chi connectivity index (χ2n) is 2.18. The molecule has 0 aliphatic rings. The van der Waals surface area contributed by atoms with Gasteiger partial charge in [0.1, 0.15) is 6.17 Å². The smallest absolute Gasteiger partial charge is 0.245 e. The van der Waals surface area contributed by atoms with E-state index in [0.717, 1.165) is 12.2 Å². The molecule has 0 saturated heterocycles. The van der Waals surface area contributed by atoms with Crippen LogP contribution in [0.5, 0.6) is 0 Å². The monoisotopic (exact) mass is 215 g/mol. The van der Waals surface area contributed by atoms with Crippen LogP contribution in [0.25, 0.3) is 0 Å². The van der Waals surface area contributed by atoms with Crippen molar-refractivity contribution in [1.82, 2.24) is 16.8 Å². The van der Waals surface area contributed by atoms with E-state index in [1.54, 1.807) is 0 Å². The van der Waals surface area contributed by atoms with E-state index in [9.17, 15) is 19.5 Å². The van der Waals surface area contributed by atoms with Crippen LogP contribution in [0.1, 0.15) is 0 Å². The summed E-state index contributed by atoms with van der Waals surface area (Å²) in [6.07, 6.45) is 0.150. The third-order valence-corrected chi connectivity index (χ3v) is 1.18. The van der Waals surface area contributed by atoms with Gasteiger partial charge in [-0.05, 0) is 12.2 Å². The van der Waals surface area contributed by atoms with Gasteiger partial charge in [0.2, 0.25) is 11.8 Å². The number of nitrogens with one attached hydrogen (secondary N) is 2. The van der Waals surface area contributed by atoms with Gasteiger partial charge in [-0.15, -0.1) is 0 Å². The van der Waals surface area contributed by atoms with Crippen molar-refractivity contribution in [2.24, 2.45) is 0 Å². The number of carboxylic acids is 1. The topological polar surface area (TPSA) is 135 Å². The minimum atomic E-state index is -1.63. The van der Waals surface area contributed by atoms with E-state index in [1.165, 1.54) is 0 Å². The Morgan fingerprint density at radius 3 is 1.60 bits per heavy atom. The molecule has 7 nitrogen and oxygen atoms in total. The van der Waals surface area contributed by atoms with Gasteiger partial charge in [0, 0.05) is 0 Å². The number of carbonyl (C=O) groups is 3. The highest BCUT2D eigenvalue weighted by Crippen LogP contribution is 1.79. The maximum atomic E-state index is 10.7. The molecule has 7 heteroatoms. The fraction of sp³-hybridized carbons (Fsp3) is 0.125. The highest BCUT2D eigenvalue weighted by atomic mass is 16.4. The molecule has 0 aromatic heterocycles. The number of hydrogen-bond acceptors (Lipinski definition) is 4. The lowest BCUT2D eigenvalue weighted by Crippen LogP contribution is -2.57. The zero-order valence-electron chi connectivity index (χ0n) is 8.28. The van der Waals surface area contributed by atoms with Gasteiger partial charge in [0.15, 0.2) is 0 Å². The highest BCUT2D eigenvalue weighted by Gasteiger charge is 2.12. The van der Waals surface area contributed by atoms with Gasteiger partial charge < -0.3 is 26.7 Å². The van der Waals surface area contributed by atoms with E-state index in [1.807, 2.05) is 10.6 Å². The molecule has 0 radical (unpaired) electrons. The first-order valence-corrected chi connectivity index (χ1v) is 3.58. The van der Waals surface area contributed by atoms with Crippen molar-refractivity contribution in [2.45, 2.75) is 6.17 Å². The van der Waals surface area contributed by atoms with Gasteiger partial charge in [0.05, 0.1) is 5.97 Å².